The van der Waals surface area contributed by atoms with E-state index in [0.29, 0.717) is 5.41 Å². The largest absolute Gasteiger partial charge is 0.385 e. The fourth-order valence-electron chi connectivity index (χ4n) is 3.34. The molecule has 0 aromatic heterocycles. The Morgan fingerprint density at radius 3 is 2.47 bits per heavy atom. The summed E-state index contributed by atoms with van der Waals surface area (Å²) in [5.41, 5.74) is 0.581. The number of methoxy groups -OCH3 is 1. The monoisotopic (exact) mass is 241 g/mol. The summed E-state index contributed by atoms with van der Waals surface area (Å²) >= 11 is 0. The molecule has 2 fully saturated rings. The van der Waals surface area contributed by atoms with E-state index in [0.717, 1.165) is 32.2 Å². The Morgan fingerprint density at radius 2 is 1.88 bits per heavy atom. The third-order valence-corrected chi connectivity index (χ3v) is 4.56. The van der Waals surface area contributed by atoms with Gasteiger partial charge in [-0.2, -0.15) is 0 Å². The molecular weight excluding hydrogens is 214 g/mol. The van der Waals surface area contributed by atoms with Crippen molar-refractivity contribution in [2.75, 3.05) is 40.0 Å². The first-order valence-corrected chi connectivity index (χ1v) is 7.15. The molecule has 2 rings (SSSR count). The van der Waals surface area contributed by atoms with Crippen LogP contribution in [0.4, 0.5) is 0 Å². The van der Waals surface area contributed by atoms with Crippen molar-refractivity contribution < 1.29 is 9.47 Å². The zero-order valence-corrected chi connectivity index (χ0v) is 11.2. The first-order chi connectivity index (χ1) is 8.37. The van der Waals surface area contributed by atoms with Crippen LogP contribution in [0.25, 0.3) is 0 Å². The van der Waals surface area contributed by atoms with Crippen LogP contribution in [0.5, 0.6) is 0 Å². The van der Waals surface area contributed by atoms with Gasteiger partial charge in [-0.05, 0) is 31.6 Å². The number of hydrogen-bond acceptors (Lipinski definition) is 3. The predicted molar refractivity (Wildman–Crippen MR) is 69.2 cm³/mol. The van der Waals surface area contributed by atoms with Crippen molar-refractivity contribution in [2.24, 2.45) is 11.3 Å². The number of ether oxygens (including phenoxy) is 2. The topological polar surface area (TPSA) is 30.5 Å². The summed E-state index contributed by atoms with van der Waals surface area (Å²) in [6, 6.07) is 0. The van der Waals surface area contributed by atoms with Crippen molar-refractivity contribution in [3.8, 4) is 0 Å². The second-order valence-electron chi connectivity index (χ2n) is 5.66. The van der Waals surface area contributed by atoms with Gasteiger partial charge in [0.1, 0.15) is 0 Å². The Hall–Kier alpha value is -0.120. The minimum atomic E-state index is 0.581. The Morgan fingerprint density at radius 1 is 1.12 bits per heavy atom. The molecule has 0 unspecified atom stereocenters. The molecule has 1 aliphatic carbocycles. The van der Waals surface area contributed by atoms with E-state index < -0.39 is 0 Å². The molecular formula is C14H27NO2. The predicted octanol–water partition coefficient (Wildman–Crippen LogP) is 2.21. The molecule has 3 heteroatoms. The molecule has 0 bridgehead atoms. The molecule has 1 aliphatic heterocycles. The molecule has 1 saturated heterocycles. The van der Waals surface area contributed by atoms with Gasteiger partial charge in [-0.1, -0.05) is 12.8 Å². The van der Waals surface area contributed by atoms with Crippen LogP contribution in [0.15, 0.2) is 0 Å². The molecule has 1 heterocycles. The quantitative estimate of drug-likeness (QED) is 0.661. The Kier molecular flexibility index (Phi) is 5.26. The summed E-state index contributed by atoms with van der Waals surface area (Å²) in [5, 5.41) is 3.46. The molecule has 0 amide bonds. The lowest BCUT2D eigenvalue weighted by atomic mass is 9.68. The maximum atomic E-state index is 5.72. The molecule has 3 nitrogen and oxygen atoms in total. The van der Waals surface area contributed by atoms with Gasteiger partial charge in [0.2, 0.25) is 0 Å². The maximum absolute atomic E-state index is 5.72. The van der Waals surface area contributed by atoms with Crippen LogP contribution < -0.4 is 5.32 Å². The van der Waals surface area contributed by atoms with E-state index in [2.05, 4.69) is 5.32 Å². The minimum absolute atomic E-state index is 0.581. The average molecular weight is 241 g/mol. The molecule has 1 saturated carbocycles. The van der Waals surface area contributed by atoms with Gasteiger partial charge in [0.15, 0.2) is 0 Å². The van der Waals surface area contributed by atoms with Gasteiger partial charge in [-0.3, -0.25) is 0 Å². The molecule has 17 heavy (non-hydrogen) atoms. The Labute approximate surface area is 105 Å². The van der Waals surface area contributed by atoms with E-state index in [4.69, 9.17) is 9.47 Å². The average Bonchev–Trinajstić information content (AvgIpc) is 2.80. The molecule has 1 N–H and O–H groups in total. The van der Waals surface area contributed by atoms with E-state index in [1.165, 1.54) is 45.2 Å². The van der Waals surface area contributed by atoms with Crippen molar-refractivity contribution in [1.82, 2.24) is 5.32 Å². The van der Waals surface area contributed by atoms with Crippen LogP contribution in [0, 0.1) is 11.3 Å². The lowest BCUT2D eigenvalue weighted by Crippen LogP contribution is -2.57. The fraction of sp³-hybridized carbons (Fsp3) is 1.00. The van der Waals surface area contributed by atoms with Crippen molar-refractivity contribution in [3.05, 3.63) is 0 Å². The Bertz CT molecular complexity index is 210. The molecule has 0 radical (unpaired) electrons. The number of rotatable bonds is 8. The van der Waals surface area contributed by atoms with Crippen LogP contribution in [0.1, 0.15) is 38.5 Å². The lowest BCUT2D eigenvalue weighted by molar-refractivity contribution is 0.0195. The van der Waals surface area contributed by atoms with Crippen LogP contribution >= 0.6 is 0 Å². The summed E-state index contributed by atoms with van der Waals surface area (Å²) in [4.78, 5) is 0. The van der Waals surface area contributed by atoms with Crippen molar-refractivity contribution in [3.63, 3.8) is 0 Å². The highest BCUT2D eigenvalue weighted by Gasteiger charge is 2.44. The number of nitrogens with one attached hydrogen (secondary N) is 1. The SMILES string of the molecule is COCCCOCCC1(C2CCCC2)CNC1. The summed E-state index contributed by atoms with van der Waals surface area (Å²) in [6.07, 6.45) is 8.06. The molecule has 2 aliphatic rings. The smallest absolute Gasteiger partial charge is 0.0487 e. The minimum Gasteiger partial charge on any atom is -0.385 e. The third kappa shape index (κ3) is 3.43. The summed E-state index contributed by atoms with van der Waals surface area (Å²) in [5.74, 6) is 0.964. The van der Waals surface area contributed by atoms with E-state index in [9.17, 15) is 0 Å². The molecule has 0 aromatic rings. The van der Waals surface area contributed by atoms with E-state index in [1.54, 1.807) is 7.11 Å². The van der Waals surface area contributed by atoms with Crippen molar-refractivity contribution >= 4 is 0 Å². The van der Waals surface area contributed by atoms with Crippen LogP contribution in [-0.4, -0.2) is 40.0 Å². The zero-order chi connectivity index (χ0) is 12.0. The Balaban J connectivity index is 1.62. The first kappa shape index (κ1) is 13.3. The van der Waals surface area contributed by atoms with E-state index in [1.807, 2.05) is 0 Å². The fourth-order valence-corrected chi connectivity index (χ4v) is 3.34. The standard InChI is InChI=1S/C14H27NO2/c1-16-8-4-9-17-10-7-14(11-15-12-14)13-5-2-3-6-13/h13,15H,2-12H2,1H3. The first-order valence-electron chi connectivity index (χ1n) is 7.15. The van der Waals surface area contributed by atoms with E-state index >= 15 is 0 Å². The summed E-state index contributed by atoms with van der Waals surface area (Å²) in [7, 11) is 1.75. The summed E-state index contributed by atoms with van der Waals surface area (Å²) in [6.45, 7) is 5.04. The number of hydrogen-bond donors (Lipinski definition) is 1. The van der Waals surface area contributed by atoms with Gasteiger partial charge >= 0.3 is 0 Å². The van der Waals surface area contributed by atoms with Gasteiger partial charge in [0.25, 0.3) is 0 Å². The van der Waals surface area contributed by atoms with Crippen LogP contribution in [0.2, 0.25) is 0 Å². The molecule has 0 aromatic carbocycles. The van der Waals surface area contributed by atoms with Gasteiger partial charge < -0.3 is 14.8 Å². The van der Waals surface area contributed by atoms with Crippen molar-refractivity contribution in [1.29, 1.82) is 0 Å². The normalized spacial score (nSPS) is 23.8. The molecule has 0 atom stereocenters. The van der Waals surface area contributed by atoms with Gasteiger partial charge in [-0.15, -0.1) is 0 Å². The van der Waals surface area contributed by atoms with Crippen molar-refractivity contribution in [2.45, 2.75) is 38.5 Å². The van der Waals surface area contributed by atoms with Crippen LogP contribution in [-0.2, 0) is 9.47 Å². The summed E-state index contributed by atoms with van der Waals surface area (Å²) < 4.78 is 10.7. The van der Waals surface area contributed by atoms with E-state index in [-0.39, 0.29) is 0 Å². The highest BCUT2D eigenvalue weighted by atomic mass is 16.5. The zero-order valence-electron chi connectivity index (χ0n) is 11.2. The van der Waals surface area contributed by atoms with Gasteiger partial charge in [-0.25, -0.2) is 0 Å². The maximum Gasteiger partial charge on any atom is 0.0487 e. The van der Waals surface area contributed by atoms with Gasteiger partial charge in [0, 0.05) is 45.4 Å². The lowest BCUT2D eigenvalue weighted by Gasteiger charge is -2.47. The van der Waals surface area contributed by atoms with Crippen LogP contribution in [0.3, 0.4) is 0 Å². The molecule has 100 valence electrons. The third-order valence-electron chi connectivity index (χ3n) is 4.56. The molecule has 0 spiro atoms. The van der Waals surface area contributed by atoms with Gasteiger partial charge in [0.05, 0.1) is 0 Å². The second kappa shape index (κ2) is 6.72. The highest BCUT2D eigenvalue weighted by molar-refractivity contribution is 4.98. The second-order valence-corrected chi connectivity index (χ2v) is 5.66. The highest BCUT2D eigenvalue weighted by Crippen LogP contribution is 2.44.